The van der Waals surface area contributed by atoms with Gasteiger partial charge in [-0.3, -0.25) is 9.52 Å². The first-order valence-electron chi connectivity index (χ1n) is 13.9. The molecule has 2 N–H and O–H groups in total. The number of amides is 1. The molecule has 11 heteroatoms. The predicted molar refractivity (Wildman–Crippen MR) is 148 cm³/mol. The number of nitrogens with one attached hydrogen (secondary N) is 1. The van der Waals surface area contributed by atoms with Crippen molar-refractivity contribution in [2.75, 3.05) is 38.0 Å². The molecule has 216 valence electrons. The lowest BCUT2D eigenvalue weighted by atomic mass is 9.89. The van der Waals surface area contributed by atoms with E-state index < -0.39 is 16.1 Å². The number of aliphatic hydroxyl groups is 1. The molecule has 0 saturated heterocycles. The Bertz CT molecular complexity index is 1240. The number of hydrogen-bond acceptors (Lipinski definition) is 8. The smallest absolute Gasteiger partial charge is 0.267 e. The van der Waals surface area contributed by atoms with Crippen molar-refractivity contribution < 1.29 is 27.6 Å². The highest BCUT2D eigenvalue weighted by Crippen LogP contribution is 2.37. The second kappa shape index (κ2) is 12.3. The van der Waals surface area contributed by atoms with E-state index >= 15 is 0 Å². The number of benzene rings is 1. The van der Waals surface area contributed by atoms with Gasteiger partial charge in [-0.05, 0) is 58.7 Å². The van der Waals surface area contributed by atoms with Crippen LogP contribution in [0.5, 0.6) is 5.75 Å². The van der Waals surface area contributed by atoms with Gasteiger partial charge in [0.2, 0.25) is 0 Å². The van der Waals surface area contributed by atoms with Gasteiger partial charge in [-0.25, -0.2) is 8.42 Å². The van der Waals surface area contributed by atoms with E-state index in [2.05, 4.69) is 21.8 Å². The van der Waals surface area contributed by atoms with Gasteiger partial charge in [0.15, 0.2) is 16.4 Å². The minimum atomic E-state index is -4.07. The van der Waals surface area contributed by atoms with E-state index in [0.717, 1.165) is 6.54 Å². The number of para-hydroxylation sites is 1. The van der Waals surface area contributed by atoms with Crippen LogP contribution in [0, 0.1) is 25.7 Å². The van der Waals surface area contributed by atoms with E-state index in [9.17, 15) is 18.3 Å². The summed E-state index contributed by atoms with van der Waals surface area (Å²) in [5.74, 6) is 0.637. The number of carbonyl (C=O) groups excluding carboxylic acids is 1. The zero-order chi connectivity index (χ0) is 28.3. The van der Waals surface area contributed by atoms with Crippen molar-refractivity contribution in [3.63, 3.8) is 0 Å². The van der Waals surface area contributed by atoms with Gasteiger partial charge in [0, 0.05) is 25.6 Å². The zero-order valence-electron chi connectivity index (χ0n) is 23.6. The third-order valence-electron chi connectivity index (χ3n) is 7.96. The second-order valence-corrected chi connectivity index (χ2v) is 12.9. The molecule has 1 aliphatic carbocycles. The van der Waals surface area contributed by atoms with E-state index in [0.29, 0.717) is 19.0 Å². The molecule has 1 fully saturated rings. The summed E-state index contributed by atoms with van der Waals surface area (Å²) >= 11 is 0. The number of carbonyl (C=O) groups is 1. The third kappa shape index (κ3) is 6.58. The molecule has 10 nitrogen and oxygen atoms in total. The summed E-state index contributed by atoms with van der Waals surface area (Å²) in [6.45, 7) is 8.77. The Hall–Kier alpha value is -2.63. The van der Waals surface area contributed by atoms with E-state index in [-0.39, 0.29) is 57.9 Å². The fourth-order valence-electron chi connectivity index (χ4n) is 5.79. The highest BCUT2D eigenvalue weighted by molar-refractivity contribution is 7.92. The molecule has 2 aliphatic rings. The molecule has 3 atom stereocenters. The number of aryl methyl sites for hydroxylation is 2. The van der Waals surface area contributed by atoms with Crippen LogP contribution in [0.3, 0.4) is 0 Å². The summed E-state index contributed by atoms with van der Waals surface area (Å²) in [6.07, 6.45) is 6.00. The molecule has 39 heavy (non-hydrogen) atoms. The lowest BCUT2D eigenvalue weighted by Gasteiger charge is -2.39. The van der Waals surface area contributed by atoms with Gasteiger partial charge in [-0.1, -0.05) is 37.4 Å². The number of fused-ring (bicyclic) bond motifs is 1. The minimum Gasteiger partial charge on any atom is -0.486 e. The van der Waals surface area contributed by atoms with Gasteiger partial charge >= 0.3 is 0 Å². The molecule has 0 radical (unpaired) electrons. The standard InChI is InChI=1S/C28H42N4O6S/c1-18-14-32(19(2)17-33)28(34)23-12-9-13-24(30-39(35,36)27-20(3)29-38-21(27)4)26(23)37-25(18)16-31(5)15-22-10-7-6-8-11-22/h9,12-13,18-19,22,25,30,33H,6-8,10-11,14-17H2,1-5H3/t18-,19-,25-/m0/s1. The number of ether oxygens (including phenoxy) is 1. The van der Waals surface area contributed by atoms with Crippen LogP contribution in [0.25, 0.3) is 0 Å². The number of nitrogens with zero attached hydrogens (tertiary/aromatic N) is 3. The fourth-order valence-corrected chi connectivity index (χ4v) is 7.18. The van der Waals surface area contributed by atoms with Crippen molar-refractivity contribution in [2.24, 2.45) is 11.8 Å². The molecule has 1 aromatic carbocycles. The molecule has 1 saturated carbocycles. The number of anilines is 1. The van der Waals surface area contributed by atoms with Crippen molar-refractivity contribution in [1.82, 2.24) is 15.0 Å². The molecule has 4 rings (SSSR count). The number of likely N-dealkylation sites (N-methyl/N-ethyl adjacent to an activating group) is 1. The van der Waals surface area contributed by atoms with Gasteiger partial charge in [0.05, 0.1) is 23.9 Å². The summed E-state index contributed by atoms with van der Waals surface area (Å²) in [5.41, 5.74) is 0.669. The highest BCUT2D eigenvalue weighted by Gasteiger charge is 2.36. The van der Waals surface area contributed by atoms with Crippen molar-refractivity contribution in [3.8, 4) is 5.75 Å². The Kier molecular flexibility index (Phi) is 9.23. The van der Waals surface area contributed by atoms with Crippen LogP contribution >= 0.6 is 0 Å². The Morgan fingerprint density at radius 3 is 2.56 bits per heavy atom. The second-order valence-electron chi connectivity index (χ2n) is 11.3. The Balaban J connectivity index is 1.70. The Labute approximate surface area is 231 Å². The molecule has 0 bridgehead atoms. The van der Waals surface area contributed by atoms with Gasteiger partial charge in [0.1, 0.15) is 11.8 Å². The van der Waals surface area contributed by atoms with Gasteiger partial charge < -0.3 is 24.2 Å². The van der Waals surface area contributed by atoms with Crippen molar-refractivity contribution in [2.45, 2.75) is 76.8 Å². The average Bonchev–Trinajstić information content (AvgIpc) is 3.25. The zero-order valence-corrected chi connectivity index (χ0v) is 24.5. The van der Waals surface area contributed by atoms with Crippen LogP contribution in [-0.2, 0) is 10.0 Å². The SMILES string of the molecule is Cc1noc(C)c1S(=O)(=O)Nc1cccc2c1O[C@@H](CN(C)CC1CCCCC1)[C@@H](C)CN([C@@H](C)CO)C2=O. The van der Waals surface area contributed by atoms with Crippen molar-refractivity contribution >= 4 is 21.6 Å². The maximum atomic E-state index is 13.7. The molecular weight excluding hydrogens is 520 g/mol. The number of sulfonamides is 1. The van der Waals surface area contributed by atoms with Crippen LogP contribution in [0.4, 0.5) is 5.69 Å². The van der Waals surface area contributed by atoms with Gasteiger partial charge in [-0.2, -0.15) is 0 Å². The van der Waals surface area contributed by atoms with Crippen LogP contribution < -0.4 is 9.46 Å². The van der Waals surface area contributed by atoms with Gasteiger partial charge in [-0.15, -0.1) is 0 Å². The molecule has 1 amide bonds. The molecule has 1 aromatic heterocycles. The molecule has 0 unspecified atom stereocenters. The third-order valence-corrected chi connectivity index (χ3v) is 9.57. The van der Waals surface area contributed by atoms with E-state index in [1.54, 1.807) is 36.9 Å². The number of rotatable bonds is 9. The van der Waals surface area contributed by atoms with Crippen molar-refractivity contribution in [1.29, 1.82) is 0 Å². The Morgan fingerprint density at radius 1 is 1.21 bits per heavy atom. The van der Waals surface area contributed by atoms with Crippen LogP contribution in [-0.4, -0.2) is 79.8 Å². The minimum absolute atomic E-state index is 0.0371. The topological polar surface area (TPSA) is 125 Å². The first kappa shape index (κ1) is 29.4. The number of aliphatic hydroxyl groups excluding tert-OH is 1. The monoisotopic (exact) mass is 562 g/mol. The molecule has 0 spiro atoms. The maximum Gasteiger partial charge on any atom is 0.267 e. The Morgan fingerprint density at radius 2 is 1.92 bits per heavy atom. The van der Waals surface area contributed by atoms with E-state index in [4.69, 9.17) is 9.26 Å². The van der Waals surface area contributed by atoms with E-state index in [1.807, 2.05) is 6.92 Å². The average molecular weight is 563 g/mol. The summed E-state index contributed by atoms with van der Waals surface area (Å²) in [6, 6.07) is 4.45. The lowest BCUT2D eigenvalue weighted by molar-refractivity contribution is 0.0333. The summed E-state index contributed by atoms with van der Waals surface area (Å²) < 4.78 is 41.1. The van der Waals surface area contributed by atoms with E-state index in [1.165, 1.54) is 39.0 Å². The number of hydrogen-bond donors (Lipinski definition) is 2. The molecule has 1 aliphatic heterocycles. The van der Waals surface area contributed by atoms with Crippen LogP contribution in [0.15, 0.2) is 27.6 Å². The summed E-state index contributed by atoms with van der Waals surface area (Å²) in [5, 5.41) is 13.7. The molecule has 2 heterocycles. The first-order chi connectivity index (χ1) is 18.5. The molecule has 2 aromatic rings. The summed E-state index contributed by atoms with van der Waals surface area (Å²) in [7, 11) is -1.98. The maximum absolute atomic E-state index is 13.7. The van der Waals surface area contributed by atoms with Gasteiger partial charge in [0.25, 0.3) is 15.9 Å². The highest BCUT2D eigenvalue weighted by atomic mass is 32.2. The quantitative estimate of drug-likeness (QED) is 0.473. The number of aromatic nitrogens is 1. The fraction of sp³-hybridized carbons (Fsp3) is 0.643. The van der Waals surface area contributed by atoms with Crippen molar-refractivity contribution in [3.05, 3.63) is 35.2 Å². The summed E-state index contributed by atoms with van der Waals surface area (Å²) in [4.78, 5) is 17.6. The molecular formula is C28H42N4O6S. The van der Waals surface area contributed by atoms with Crippen LogP contribution in [0.2, 0.25) is 0 Å². The largest absolute Gasteiger partial charge is 0.486 e. The lowest BCUT2D eigenvalue weighted by Crippen LogP contribution is -2.50. The van der Waals surface area contributed by atoms with Crippen LogP contribution in [0.1, 0.15) is 67.8 Å². The normalized spacial score (nSPS) is 21.7. The first-order valence-corrected chi connectivity index (χ1v) is 15.4. The predicted octanol–water partition coefficient (Wildman–Crippen LogP) is 3.82.